The van der Waals surface area contributed by atoms with Gasteiger partial charge in [-0.1, -0.05) is 12.1 Å². The van der Waals surface area contributed by atoms with E-state index in [0.717, 1.165) is 17.7 Å². The number of β-amino-alcohol motifs (C(OH)–C–C–N with tert-alkyl or cyclic N) is 1. The number of ether oxygens (including phenoxy) is 2. The highest BCUT2D eigenvalue weighted by Crippen LogP contribution is 2.35. The first-order chi connectivity index (χ1) is 15.5. The number of sulfonamides is 1. The normalized spacial score (nSPS) is 21.5. The SMILES string of the molecule is COc1ccc(CC(C)(C)NC[C@@H](O)COc2ccc(S(=O)(=O)NC3C(Cl)C3Cl)cc2)cc1. The van der Waals surface area contributed by atoms with Crippen LogP contribution in [0.2, 0.25) is 0 Å². The molecule has 0 aromatic heterocycles. The number of methoxy groups -OCH3 is 1. The summed E-state index contributed by atoms with van der Waals surface area (Å²) in [5.74, 6) is 1.28. The second-order valence-corrected chi connectivity index (χ2v) is 11.5. The number of hydrogen-bond donors (Lipinski definition) is 3. The second-order valence-electron chi connectivity index (χ2n) is 8.76. The summed E-state index contributed by atoms with van der Waals surface area (Å²) in [6, 6.07) is 13.4. The van der Waals surface area contributed by atoms with Crippen molar-refractivity contribution in [3.63, 3.8) is 0 Å². The Kier molecular flexibility index (Phi) is 8.53. The molecule has 1 saturated carbocycles. The van der Waals surface area contributed by atoms with Gasteiger partial charge in [0.25, 0.3) is 0 Å². The summed E-state index contributed by atoms with van der Waals surface area (Å²) in [6.45, 7) is 4.55. The molecule has 2 aromatic carbocycles. The van der Waals surface area contributed by atoms with Crippen LogP contribution >= 0.6 is 23.2 Å². The molecule has 0 amide bonds. The number of benzene rings is 2. The Labute approximate surface area is 205 Å². The van der Waals surface area contributed by atoms with Crippen LogP contribution in [0.1, 0.15) is 19.4 Å². The number of nitrogens with one attached hydrogen (secondary N) is 2. The molecular weight excluding hydrogens is 487 g/mol. The smallest absolute Gasteiger partial charge is 0.240 e. The molecule has 1 fully saturated rings. The van der Waals surface area contributed by atoms with Gasteiger partial charge in [0.05, 0.1) is 28.8 Å². The van der Waals surface area contributed by atoms with Crippen LogP contribution in [0.5, 0.6) is 11.5 Å². The number of halogens is 2. The van der Waals surface area contributed by atoms with Crippen molar-refractivity contribution in [1.82, 2.24) is 10.0 Å². The van der Waals surface area contributed by atoms with Gasteiger partial charge in [-0.3, -0.25) is 0 Å². The first-order valence-electron chi connectivity index (χ1n) is 10.6. The largest absolute Gasteiger partial charge is 0.497 e. The molecule has 3 N–H and O–H groups in total. The molecule has 3 rings (SSSR count). The zero-order valence-corrected chi connectivity index (χ0v) is 21.1. The van der Waals surface area contributed by atoms with E-state index >= 15 is 0 Å². The topological polar surface area (TPSA) is 96.9 Å². The summed E-state index contributed by atoms with van der Waals surface area (Å²) in [5, 5.41) is 12.9. The van der Waals surface area contributed by atoms with Crippen molar-refractivity contribution < 1.29 is 23.0 Å². The fourth-order valence-electron chi connectivity index (χ4n) is 3.29. The van der Waals surface area contributed by atoms with Crippen LogP contribution < -0.4 is 19.5 Å². The quantitative estimate of drug-likeness (QED) is 0.375. The van der Waals surface area contributed by atoms with Crippen molar-refractivity contribution in [1.29, 1.82) is 0 Å². The standard InChI is InChI=1S/C23H30Cl2N2O5S/c1-23(2,12-15-4-6-17(31-3)7-5-15)26-13-16(28)14-32-18-8-10-19(11-9-18)33(29,30)27-22-20(24)21(22)25/h4-11,16,20-22,26-28H,12-14H2,1-3H3/t16-,20?,21?,22?/m1/s1. The lowest BCUT2D eigenvalue weighted by molar-refractivity contribution is 0.0988. The van der Waals surface area contributed by atoms with Crippen LogP contribution in [0.3, 0.4) is 0 Å². The number of alkyl halides is 2. The summed E-state index contributed by atoms with van der Waals surface area (Å²) in [6.07, 6.45) is 0.0473. The number of rotatable bonds is 12. The van der Waals surface area contributed by atoms with Gasteiger partial charge in [-0.25, -0.2) is 13.1 Å². The van der Waals surface area contributed by atoms with Crippen LogP contribution in [-0.2, 0) is 16.4 Å². The maximum absolute atomic E-state index is 12.4. The fraction of sp³-hybridized carbons (Fsp3) is 0.478. The zero-order chi connectivity index (χ0) is 24.2. The highest BCUT2D eigenvalue weighted by Gasteiger charge is 2.50. The van der Waals surface area contributed by atoms with Crippen molar-refractivity contribution in [3.05, 3.63) is 54.1 Å². The van der Waals surface area contributed by atoms with E-state index in [1.165, 1.54) is 12.1 Å². The maximum Gasteiger partial charge on any atom is 0.240 e. The molecule has 1 aliphatic carbocycles. The Morgan fingerprint density at radius 3 is 2.15 bits per heavy atom. The lowest BCUT2D eigenvalue weighted by atomic mass is 9.94. The van der Waals surface area contributed by atoms with E-state index < -0.39 is 32.9 Å². The van der Waals surface area contributed by atoms with E-state index in [9.17, 15) is 13.5 Å². The van der Waals surface area contributed by atoms with Gasteiger partial charge >= 0.3 is 0 Å². The average molecular weight is 517 g/mol. The Balaban J connectivity index is 1.43. The highest BCUT2D eigenvalue weighted by atomic mass is 35.5. The zero-order valence-electron chi connectivity index (χ0n) is 18.8. The minimum Gasteiger partial charge on any atom is -0.497 e. The average Bonchev–Trinajstić information content (AvgIpc) is 3.34. The Bertz CT molecular complexity index is 1010. The molecule has 2 unspecified atom stereocenters. The molecule has 0 heterocycles. The summed E-state index contributed by atoms with van der Waals surface area (Å²) in [5.41, 5.74) is 0.929. The highest BCUT2D eigenvalue weighted by molar-refractivity contribution is 7.89. The van der Waals surface area contributed by atoms with Crippen molar-refractivity contribution >= 4 is 33.2 Å². The van der Waals surface area contributed by atoms with Crippen LogP contribution in [0.4, 0.5) is 0 Å². The number of aliphatic hydroxyl groups excluding tert-OH is 1. The fourth-order valence-corrected chi connectivity index (χ4v) is 5.38. The molecule has 0 saturated heterocycles. The van der Waals surface area contributed by atoms with Crippen LogP contribution in [0.25, 0.3) is 0 Å². The second kappa shape index (κ2) is 10.8. The van der Waals surface area contributed by atoms with E-state index in [0.29, 0.717) is 12.3 Å². The number of aliphatic hydroxyl groups is 1. The molecule has 7 nitrogen and oxygen atoms in total. The lowest BCUT2D eigenvalue weighted by Crippen LogP contribution is -2.46. The van der Waals surface area contributed by atoms with Crippen LogP contribution in [0, 0.1) is 0 Å². The van der Waals surface area contributed by atoms with E-state index in [2.05, 4.69) is 23.9 Å². The Morgan fingerprint density at radius 2 is 1.61 bits per heavy atom. The molecule has 0 bridgehead atoms. The minimum atomic E-state index is -3.71. The molecule has 0 spiro atoms. The molecule has 1 aliphatic rings. The molecule has 182 valence electrons. The van der Waals surface area contributed by atoms with Crippen LogP contribution in [-0.4, -0.2) is 62.2 Å². The molecule has 0 radical (unpaired) electrons. The van der Waals surface area contributed by atoms with Gasteiger partial charge in [0, 0.05) is 12.1 Å². The van der Waals surface area contributed by atoms with E-state index in [4.69, 9.17) is 32.7 Å². The van der Waals surface area contributed by atoms with Crippen LogP contribution in [0.15, 0.2) is 53.4 Å². The van der Waals surface area contributed by atoms with Crippen molar-refractivity contribution in [3.8, 4) is 11.5 Å². The van der Waals surface area contributed by atoms with Gasteiger partial charge < -0.3 is 19.9 Å². The first kappa shape index (κ1) is 26.1. The van der Waals surface area contributed by atoms with Crippen molar-refractivity contribution in [2.24, 2.45) is 0 Å². The molecule has 10 heteroatoms. The summed E-state index contributed by atoms with van der Waals surface area (Å²) < 4.78 is 38.0. The predicted octanol–water partition coefficient (Wildman–Crippen LogP) is 2.92. The van der Waals surface area contributed by atoms with E-state index in [1.807, 2.05) is 24.3 Å². The molecule has 33 heavy (non-hydrogen) atoms. The van der Waals surface area contributed by atoms with Gasteiger partial charge in [0.2, 0.25) is 10.0 Å². The first-order valence-corrected chi connectivity index (χ1v) is 13.0. The maximum atomic E-state index is 12.4. The van der Waals surface area contributed by atoms with Gasteiger partial charge in [-0.15, -0.1) is 23.2 Å². The summed E-state index contributed by atoms with van der Waals surface area (Å²) in [7, 11) is -2.07. The minimum absolute atomic E-state index is 0.0693. The summed E-state index contributed by atoms with van der Waals surface area (Å²) in [4.78, 5) is 0.0944. The van der Waals surface area contributed by atoms with Gasteiger partial charge in [0.1, 0.15) is 24.2 Å². The van der Waals surface area contributed by atoms with E-state index in [1.54, 1.807) is 19.2 Å². The van der Waals surface area contributed by atoms with Crippen molar-refractivity contribution in [2.75, 3.05) is 20.3 Å². The molecular formula is C23H30Cl2N2O5S. The van der Waals surface area contributed by atoms with Gasteiger partial charge in [-0.2, -0.15) is 0 Å². The third kappa shape index (κ3) is 7.47. The third-order valence-electron chi connectivity index (χ3n) is 5.34. The molecule has 3 atom stereocenters. The summed E-state index contributed by atoms with van der Waals surface area (Å²) >= 11 is 11.8. The van der Waals surface area contributed by atoms with Gasteiger partial charge in [0.15, 0.2) is 0 Å². The van der Waals surface area contributed by atoms with E-state index in [-0.39, 0.29) is 17.0 Å². The third-order valence-corrected chi connectivity index (χ3v) is 8.03. The monoisotopic (exact) mass is 516 g/mol. The molecule has 0 aliphatic heterocycles. The molecule has 2 aromatic rings. The predicted molar refractivity (Wildman–Crippen MR) is 130 cm³/mol. The van der Waals surface area contributed by atoms with Gasteiger partial charge in [-0.05, 0) is 62.2 Å². The Hall–Kier alpha value is -1.55. The lowest BCUT2D eigenvalue weighted by Gasteiger charge is -2.28. The Morgan fingerprint density at radius 1 is 1.03 bits per heavy atom. The van der Waals surface area contributed by atoms with Crippen molar-refractivity contribution in [2.45, 2.75) is 53.6 Å². The number of hydrogen-bond acceptors (Lipinski definition) is 6.